The molecule has 0 unspecified atom stereocenters. The Hall–Kier alpha value is -2.26. The van der Waals surface area contributed by atoms with Crippen molar-refractivity contribution in [3.05, 3.63) is 71.8 Å². The van der Waals surface area contributed by atoms with Gasteiger partial charge in [-0.25, -0.2) is 8.78 Å². The van der Waals surface area contributed by atoms with Gasteiger partial charge >= 0.3 is 0 Å². The van der Waals surface area contributed by atoms with E-state index in [4.69, 9.17) is 0 Å². The molecule has 0 bridgehead atoms. The summed E-state index contributed by atoms with van der Waals surface area (Å²) in [6.07, 6.45) is 0. The van der Waals surface area contributed by atoms with Gasteiger partial charge in [-0.1, -0.05) is 36.4 Å². The van der Waals surface area contributed by atoms with E-state index in [1.807, 2.05) is 24.3 Å². The zero-order valence-electron chi connectivity index (χ0n) is 11.7. The molecule has 0 heterocycles. The maximum atomic E-state index is 13.9. The lowest BCUT2D eigenvalue weighted by Crippen LogP contribution is -2.07. The number of fused-ring (bicyclic) bond motifs is 1. The zero-order valence-corrected chi connectivity index (χ0v) is 11.7. The van der Waals surface area contributed by atoms with Crippen LogP contribution in [-0.4, -0.2) is 7.05 Å². The minimum atomic E-state index is -0.244. The smallest absolute Gasteiger partial charge is 0.131 e. The van der Waals surface area contributed by atoms with E-state index in [-0.39, 0.29) is 11.6 Å². The van der Waals surface area contributed by atoms with Crippen molar-refractivity contribution in [3.63, 3.8) is 0 Å². The van der Waals surface area contributed by atoms with E-state index in [1.54, 1.807) is 25.2 Å². The molecule has 0 aliphatic rings. The van der Waals surface area contributed by atoms with Gasteiger partial charge in [0, 0.05) is 17.5 Å². The van der Waals surface area contributed by atoms with E-state index in [1.165, 1.54) is 12.1 Å². The molecule has 3 aromatic rings. The van der Waals surface area contributed by atoms with Crippen LogP contribution in [0.2, 0.25) is 0 Å². The van der Waals surface area contributed by atoms with Gasteiger partial charge in [0.25, 0.3) is 0 Å². The predicted octanol–water partition coefficient (Wildman–Crippen LogP) is 4.50. The molecule has 3 heteroatoms. The Balaban J connectivity index is 2.21. The van der Waals surface area contributed by atoms with Crippen LogP contribution < -0.4 is 5.32 Å². The molecule has 0 fully saturated rings. The molecular weight excluding hydrogens is 268 g/mol. The van der Waals surface area contributed by atoms with E-state index < -0.39 is 0 Å². The van der Waals surface area contributed by atoms with Gasteiger partial charge in [0.05, 0.1) is 0 Å². The van der Waals surface area contributed by atoms with Crippen molar-refractivity contribution in [2.45, 2.75) is 6.54 Å². The van der Waals surface area contributed by atoms with Gasteiger partial charge in [0.2, 0.25) is 0 Å². The summed E-state index contributed by atoms with van der Waals surface area (Å²) >= 11 is 0. The Morgan fingerprint density at radius 1 is 0.857 bits per heavy atom. The Bertz CT molecular complexity index is 796. The monoisotopic (exact) mass is 283 g/mol. The van der Waals surface area contributed by atoms with Crippen LogP contribution in [0.15, 0.2) is 54.6 Å². The minimum Gasteiger partial charge on any atom is -0.316 e. The summed E-state index contributed by atoms with van der Waals surface area (Å²) < 4.78 is 27.6. The fraction of sp³-hybridized carbons (Fsp3) is 0.111. The molecule has 0 radical (unpaired) electrons. The van der Waals surface area contributed by atoms with E-state index >= 15 is 0 Å². The van der Waals surface area contributed by atoms with Crippen LogP contribution in [0.5, 0.6) is 0 Å². The molecule has 1 nitrogen and oxygen atoms in total. The number of hydrogen-bond acceptors (Lipinski definition) is 1. The highest BCUT2D eigenvalue weighted by Gasteiger charge is 2.09. The Kier molecular flexibility index (Phi) is 3.67. The highest BCUT2D eigenvalue weighted by molar-refractivity contribution is 5.97. The van der Waals surface area contributed by atoms with Crippen molar-refractivity contribution in [2.75, 3.05) is 7.05 Å². The van der Waals surface area contributed by atoms with Crippen LogP contribution >= 0.6 is 0 Å². The largest absolute Gasteiger partial charge is 0.316 e. The van der Waals surface area contributed by atoms with Gasteiger partial charge in [-0.15, -0.1) is 0 Å². The van der Waals surface area contributed by atoms with Gasteiger partial charge in [-0.3, -0.25) is 0 Å². The summed E-state index contributed by atoms with van der Waals surface area (Å²) in [6, 6.07) is 15.5. The fourth-order valence-corrected chi connectivity index (χ4v) is 2.58. The number of rotatable bonds is 3. The maximum Gasteiger partial charge on any atom is 0.131 e. The highest BCUT2D eigenvalue weighted by Crippen LogP contribution is 2.31. The predicted molar refractivity (Wildman–Crippen MR) is 82.1 cm³/mol. The molecule has 21 heavy (non-hydrogen) atoms. The lowest BCUT2D eigenvalue weighted by molar-refractivity contribution is 0.601. The number of halogens is 2. The van der Waals surface area contributed by atoms with Crippen molar-refractivity contribution in [1.82, 2.24) is 5.32 Å². The topological polar surface area (TPSA) is 12.0 Å². The molecule has 0 amide bonds. The first-order valence-electron chi connectivity index (χ1n) is 6.81. The van der Waals surface area contributed by atoms with Crippen LogP contribution in [-0.2, 0) is 6.54 Å². The summed E-state index contributed by atoms with van der Waals surface area (Å²) in [4.78, 5) is 0. The van der Waals surface area contributed by atoms with E-state index in [2.05, 4.69) is 5.32 Å². The third-order valence-corrected chi connectivity index (χ3v) is 3.59. The van der Waals surface area contributed by atoms with Gasteiger partial charge in [0.15, 0.2) is 0 Å². The second-order valence-corrected chi connectivity index (χ2v) is 4.98. The Labute approximate surface area is 122 Å². The van der Waals surface area contributed by atoms with Crippen LogP contribution in [0.3, 0.4) is 0 Å². The lowest BCUT2D eigenvalue weighted by Gasteiger charge is -2.10. The van der Waals surface area contributed by atoms with E-state index in [0.717, 1.165) is 16.5 Å². The van der Waals surface area contributed by atoms with Gasteiger partial charge in [-0.2, -0.15) is 0 Å². The van der Waals surface area contributed by atoms with Gasteiger partial charge in [-0.05, 0) is 41.8 Å². The van der Waals surface area contributed by atoms with Crippen molar-refractivity contribution in [1.29, 1.82) is 0 Å². The van der Waals surface area contributed by atoms with Crippen molar-refractivity contribution >= 4 is 10.8 Å². The summed E-state index contributed by atoms with van der Waals surface area (Å²) in [5, 5.41) is 4.36. The van der Waals surface area contributed by atoms with Crippen molar-refractivity contribution in [2.24, 2.45) is 0 Å². The third-order valence-electron chi connectivity index (χ3n) is 3.59. The second kappa shape index (κ2) is 5.62. The van der Waals surface area contributed by atoms with E-state index in [9.17, 15) is 8.78 Å². The molecule has 0 spiro atoms. The van der Waals surface area contributed by atoms with Crippen LogP contribution in [0.4, 0.5) is 8.78 Å². The Morgan fingerprint density at radius 2 is 1.57 bits per heavy atom. The molecule has 0 aliphatic heterocycles. The molecule has 0 saturated carbocycles. The molecule has 1 N–H and O–H groups in total. The summed E-state index contributed by atoms with van der Waals surface area (Å²) in [5.74, 6) is -0.480. The van der Waals surface area contributed by atoms with Crippen molar-refractivity contribution in [3.8, 4) is 11.1 Å². The third kappa shape index (κ3) is 2.52. The Morgan fingerprint density at radius 3 is 2.33 bits per heavy atom. The second-order valence-electron chi connectivity index (χ2n) is 4.98. The molecule has 3 rings (SSSR count). The number of benzene rings is 3. The van der Waals surface area contributed by atoms with Crippen LogP contribution in [0.1, 0.15) is 5.56 Å². The first-order chi connectivity index (χ1) is 10.2. The lowest BCUT2D eigenvalue weighted by atomic mass is 9.96. The number of hydrogen-bond donors (Lipinski definition) is 1. The molecule has 0 saturated heterocycles. The minimum absolute atomic E-state index is 0.237. The van der Waals surface area contributed by atoms with Gasteiger partial charge < -0.3 is 5.32 Å². The highest BCUT2D eigenvalue weighted by atomic mass is 19.1. The number of nitrogens with one attached hydrogen (secondary N) is 1. The van der Waals surface area contributed by atoms with Crippen molar-refractivity contribution < 1.29 is 8.78 Å². The molecule has 3 aromatic carbocycles. The SMILES string of the molecule is CNCc1cc(-c2ccc(F)c3ccccc23)ccc1F. The summed E-state index contributed by atoms with van der Waals surface area (Å²) in [5.41, 5.74) is 2.39. The molecule has 106 valence electrons. The molecule has 0 aliphatic carbocycles. The van der Waals surface area contributed by atoms with E-state index in [0.29, 0.717) is 17.5 Å². The average molecular weight is 283 g/mol. The first kappa shape index (κ1) is 13.7. The van der Waals surface area contributed by atoms with Crippen LogP contribution in [0.25, 0.3) is 21.9 Å². The quantitative estimate of drug-likeness (QED) is 0.746. The summed E-state index contributed by atoms with van der Waals surface area (Å²) in [7, 11) is 1.78. The van der Waals surface area contributed by atoms with Gasteiger partial charge in [0.1, 0.15) is 11.6 Å². The average Bonchev–Trinajstić information content (AvgIpc) is 2.51. The normalized spacial score (nSPS) is 11.0. The maximum absolute atomic E-state index is 13.9. The molecule has 0 aromatic heterocycles. The zero-order chi connectivity index (χ0) is 14.8. The van der Waals surface area contributed by atoms with Crippen LogP contribution in [0, 0.1) is 11.6 Å². The first-order valence-corrected chi connectivity index (χ1v) is 6.81. The standard InChI is InChI=1S/C18H15F2N/c1-21-11-13-10-12(6-8-17(13)19)14-7-9-18(20)16-5-3-2-4-15(14)16/h2-10,21H,11H2,1H3. The summed E-state index contributed by atoms with van der Waals surface area (Å²) in [6.45, 7) is 0.457. The molecular formula is C18H15F2N. The molecule has 0 atom stereocenters. The fourth-order valence-electron chi connectivity index (χ4n) is 2.58.